The number of alkyl halides is 3. The second-order valence-corrected chi connectivity index (χ2v) is 5.79. The standard InChI is InChI=1S/C12H16F3NOS/c1-8-3-4-10(7-9(8)2)18(17)11(5-6-16)12(13,14)15/h3-4,7,11H,5-6,16H2,1-2H3. The Morgan fingerprint density at radius 1 is 1.28 bits per heavy atom. The van der Waals surface area contributed by atoms with Crippen LogP contribution in [0.2, 0.25) is 0 Å². The predicted molar refractivity (Wildman–Crippen MR) is 65.8 cm³/mol. The summed E-state index contributed by atoms with van der Waals surface area (Å²) in [5, 5.41) is -1.90. The lowest BCUT2D eigenvalue weighted by Gasteiger charge is -2.19. The molecule has 0 bridgehead atoms. The maximum atomic E-state index is 12.8. The Morgan fingerprint density at radius 2 is 1.89 bits per heavy atom. The summed E-state index contributed by atoms with van der Waals surface area (Å²) in [4.78, 5) is 0.203. The van der Waals surface area contributed by atoms with E-state index in [0.29, 0.717) is 0 Å². The van der Waals surface area contributed by atoms with Crippen molar-refractivity contribution in [2.75, 3.05) is 6.54 Å². The number of rotatable bonds is 4. The minimum atomic E-state index is -4.50. The highest BCUT2D eigenvalue weighted by atomic mass is 32.2. The number of nitrogens with two attached hydrogens (primary N) is 1. The number of hydrogen-bond donors (Lipinski definition) is 1. The van der Waals surface area contributed by atoms with Gasteiger partial charge in [-0.15, -0.1) is 0 Å². The van der Waals surface area contributed by atoms with Crippen molar-refractivity contribution in [1.82, 2.24) is 0 Å². The Balaban J connectivity index is 3.06. The third-order valence-electron chi connectivity index (χ3n) is 2.76. The molecule has 1 aromatic carbocycles. The smallest absolute Gasteiger partial charge is 0.330 e. The zero-order valence-electron chi connectivity index (χ0n) is 10.3. The lowest BCUT2D eigenvalue weighted by molar-refractivity contribution is -0.130. The Bertz CT molecular complexity index is 445. The van der Waals surface area contributed by atoms with Gasteiger partial charge in [-0.05, 0) is 50.1 Å². The van der Waals surface area contributed by atoms with Gasteiger partial charge < -0.3 is 5.73 Å². The Labute approximate surface area is 107 Å². The number of benzene rings is 1. The molecule has 0 heterocycles. The molecule has 0 saturated heterocycles. The molecule has 2 nitrogen and oxygen atoms in total. The maximum absolute atomic E-state index is 12.8. The molecule has 1 aromatic rings. The SMILES string of the molecule is Cc1ccc(S(=O)C(CCN)C(F)(F)F)cc1C. The lowest BCUT2D eigenvalue weighted by atomic mass is 10.1. The van der Waals surface area contributed by atoms with E-state index in [-0.39, 0.29) is 17.9 Å². The first-order chi connectivity index (χ1) is 8.27. The molecule has 0 aliphatic carbocycles. The van der Waals surface area contributed by atoms with Gasteiger partial charge in [-0.2, -0.15) is 13.2 Å². The fourth-order valence-electron chi connectivity index (χ4n) is 1.55. The molecular weight excluding hydrogens is 263 g/mol. The summed E-state index contributed by atoms with van der Waals surface area (Å²) in [6, 6.07) is 4.70. The van der Waals surface area contributed by atoms with Crippen LogP contribution in [-0.2, 0) is 10.8 Å². The molecule has 0 radical (unpaired) electrons. The Morgan fingerprint density at radius 3 is 2.33 bits per heavy atom. The van der Waals surface area contributed by atoms with Crippen molar-refractivity contribution in [2.24, 2.45) is 5.73 Å². The third-order valence-corrected chi connectivity index (χ3v) is 4.50. The molecule has 18 heavy (non-hydrogen) atoms. The quantitative estimate of drug-likeness (QED) is 0.921. The first-order valence-corrected chi connectivity index (χ1v) is 6.73. The largest absolute Gasteiger partial charge is 0.403 e. The second-order valence-electron chi connectivity index (χ2n) is 4.15. The minimum absolute atomic E-state index is 0.138. The number of aryl methyl sites for hydroxylation is 2. The van der Waals surface area contributed by atoms with Gasteiger partial charge in [0.15, 0.2) is 0 Å². The highest BCUT2D eigenvalue weighted by molar-refractivity contribution is 7.85. The fourth-order valence-corrected chi connectivity index (χ4v) is 2.96. The zero-order chi connectivity index (χ0) is 13.9. The van der Waals surface area contributed by atoms with E-state index in [1.54, 1.807) is 19.1 Å². The van der Waals surface area contributed by atoms with Crippen LogP contribution in [0.1, 0.15) is 17.5 Å². The van der Waals surface area contributed by atoms with Crippen LogP contribution >= 0.6 is 0 Å². The lowest BCUT2D eigenvalue weighted by Crippen LogP contribution is -2.35. The van der Waals surface area contributed by atoms with E-state index in [0.717, 1.165) is 11.1 Å². The highest BCUT2D eigenvalue weighted by Gasteiger charge is 2.43. The molecule has 2 N–H and O–H groups in total. The Kier molecular flexibility index (Phi) is 4.92. The van der Waals surface area contributed by atoms with Gasteiger partial charge in [0.05, 0.1) is 10.8 Å². The van der Waals surface area contributed by atoms with Crippen molar-refractivity contribution in [1.29, 1.82) is 0 Å². The van der Waals surface area contributed by atoms with E-state index in [1.165, 1.54) is 6.07 Å². The van der Waals surface area contributed by atoms with E-state index >= 15 is 0 Å². The van der Waals surface area contributed by atoms with Gasteiger partial charge in [-0.25, -0.2) is 0 Å². The monoisotopic (exact) mass is 279 g/mol. The van der Waals surface area contributed by atoms with E-state index in [4.69, 9.17) is 5.73 Å². The van der Waals surface area contributed by atoms with Crippen LogP contribution in [0, 0.1) is 13.8 Å². The fraction of sp³-hybridized carbons (Fsp3) is 0.500. The minimum Gasteiger partial charge on any atom is -0.330 e. The molecule has 6 heteroatoms. The molecule has 0 aliphatic heterocycles. The van der Waals surface area contributed by atoms with Crippen molar-refractivity contribution in [3.63, 3.8) is 0 Å². The van der Waals surface area contributed by atoms with Crippen LogP contribution < -0.4 is 5.73 Å². The number of halogens is 3. The van der Waals surface area contributed by atoms with Crippen molar-refractivity contribution >= 4 is 10.8 Å². The molecule has 0 spiro atoms. The van der Waals surface area contributed by atoms with E-state index in [2.05, 4.69) is 0 Å². The average Bonchev–Trinajstić information content (AvgIpc) is 2.27. The zero-order valence-corrected chi connectivity index (χ0v) is 11.1. The summed E-state index contributed by atoms with van der Waals surface area (Å²) < 4.78 is 50.3. The first kappa shape index (κ1) is 15.2. The van der Waals surface area contributed by atoms with Gasteiger partial charge in [-0.1, -0.05) is 6.07 Å². The summed E-state index contributed by atoms with van der Waals surface area (Å²) in [5.74, 6) is 0. The van der Waals surface area contributed by atoms with Gasteiger partial charge in [0.2, 0.25) is 0 Å². The molecule has 2 unspecified atom stereocenters. The van der Waals surface area contributed by atoms with Gasteiger partial charge >= 0.3 is 6.18 Å². The maximum Gasteiger partial charge on any atom is 0.403 e. The summed E-state index contributed by atoms with van der Waals surface area (Å²) >= 11 is 0. The summed E-state index contributed by atoms with van der Waals surface area (Å²) in [7, 11) is -2.11. The molecule has 102 valence electrons. The van der Waals surface area contributed by atoms with E-state index in [9.17, 15) is 17.4 Å². The highest BCUT2D eigenvalue weighted by Crippen LogP contribution is 2.30. The van der Waals surface area contributed by atoms with Crippen LogP contribution in [0.4, 0.5) is 13.2 Å². The van der Waals surface area contributed by atoms with Crippen molar-refractivity contribution in [3.05, 3.63) is 29.3 Å². The van der Waals surface area contributed by atoms with Crippen molar-refractivity contribution in [2.45, 2.75) is 36.6 Å². The van der Waals surface area contributed by atoms with Gasteiger partial charge in [0.25, 0.3) is 0 Å². The molecule has 0 aromatic heterocycles. The normalized spacial score (nSPS) is 15.4. The van der Waals surface area contributed by atoms with Crippen LogP contribution in [0.15, 0.2) is 23.1 Å². The summed E-state index contributed by atoms with van der Waals surface area (Å²) in [6.45, 7) is 3.49. The third kappa shape index (κ3) is 3.55. The molecule has 0 amide bonds. The van der Waals surface area contributed by atoms with Crippen LogP contribution in [0.25, 0.3) is 0 Å². The van der Waals surface area contributed by atoms with Crippen molar-refractivity contribution in [3.8, 4) is 0 Å². The average molecular weight is 279 g/mol. The molecule has 0 aliphatic rings. The van der Waals surface area contributed by atoms with Crippen LogP contribution in [-0.4, -0.2) is 22.2 Å². The Hall–Kier alpha value is -0.880. The van der Waals surface area contributed by atoms with Gasteiger partial charge in [0, 0.05) is 4.90 Å². The molecule has 0 fully saturated rings. The molecule has 1 rings (SSSR count). The predicted octanol–water partition coefficient (Wildman–Crippen LogP) is 2.69. The van der Waals surface area contributed by atoms with E-state index < -0.39 is 22.2 Å². The second kappa shape index (κ2) is 5.84. The molecular formula is C12H16F3NOS. The van der Waals surface area contributed by atoms with Crippen molar-refractivity contribution < 1.29 is 17.4 Å². The topological polar surface area (TPSA) is 43.1 Å². The van der Waals surface area contributed by atoms with Gasteiger partial charge in [-0.3, -0.25) is 4.21 Å². The van der Waals surface area contributed by atoms with Gasteiger partial charge in [0.1, 0.15) is 5.25 Å². The van der Waals surface area contributed by atoms with Crippen LogP contribution in [0.3, 0.4) is 0 Å². The number of hydrogen-bond acceptors (Lipinski definition) is 2. The first-order valence-electron chi connectivity index (χ1n) is 5.52. The molecule has 2 atom stereocenters. The van der Waals surface area contributed by atoms with Crippen LogP contribution in [0.5, 0.6) is 0 Å². The summed E-state index contributed by atoms with van der Waals surface area (Å²) in [6.07, 6.45) is -4.83. The van der Waals surface area contributed by atoms with E-state index in [1.807, 2.05) is 6.92 Å². The molecule has 0 saturated carbocycles. The summed E-state index contributed by atoms with van der Waals surface area (Å²) in [5.41, 5.74) is 6.95.